The molecule has 28 heavy (non-hydrogen) atoms. The summed E-state index contributed by atoms with van der Waals surface area (Å²) in [7, 11) is 0. The van der Waals surface area contributed by atoms with Crippen LogP contribution < -0.4 is 0 Å². The van der Waals surface area contributed by atoms with E-state index in [0.29, 0.717) is 46.4 Å². The molecule has 0 bridgehead atoms. The van der Waals surface area contributed by atoms with Gasteiger partial charge in [0.05, 0.1) is 4.91 Å². The van der Waals surface area contributed by atoms with Crippen LogP contribution in [-0.4, -0.2) is 44.8 Å². The smallest absolute Gasteiger partial charge is 0.266 e. The predicted molar refractivity (Wildman–Crippen MR) is 109 cm³/mol. The van der Waals surface area contributed by atoms with Crippen molar-refractivity contribution in [3.8, 4) is 11.3 Å². The van der Waals surface area contributed by atoms with E-state index in [4.69, 9.17) is 0 Å². The van der Waals surface area contributed by atoms with Gasteiger partial charge in [-0.2, -0.15) is 5.10 Å². The Morgan fingerprint density at radius 1 is 1.25 bits per heavy atom. The second-order valence-electron chi connectivity index (χ2n) is 6.05. The van der Waals surface area contributed by atoms with Crippen LogP contribution in [0.25, 0.3) is 17.3 Å². The molecule has 0 atom stereocenters. The minimum atomic E-state index is -0.353. The summed E-state index contributed by atoms with van der Waals surface area (Å²) >= 11 is 1.31. The van der Waals surface area contributed by atoms with E-state index in [1.807, 2.05) is 13.8 Å². The maximum atomic E-state index is 13.3. The van der Waals surface area contributed by atoms with Crippen molar-refractivity contribution in [2.24, 2.45) is 4.99 Å². The van der Waals surface area contributed by atoms with Gasteiger partial charge in [0.1, 0.15) is 11.5 Å². The van der Waals surface area contributed by atoms with Crippen molar-refractivity contribution >= 4 is 34.8 Å². The number of carbonyl (C=O) groups excluding carboxylic acids is 2. The SMILES string of the molecule is CCN=C1SC(=Cc2cn(C(=O)CC)nc2-c2ccc(F)cc2)C(=O)N1CC. The van der Waals surface area contributed by atoms with Crippen LogP contribution in [0.3, 0.4) is 0 Å². The highest BCUT2D eigenvalue weighted by Crippen LogP contribution is 2.34. The van der Waals surface area contributed by atoms with Gasteiger partial charge in [-0.1, -0.05) is 6.92 Å². The molecule has 1 amide bonds. The lowest BCUT2D eigenvalue weighted by Gasteiger charge is -2.11. The van der Waals surface area contributed by atoms with Crippen molar-refractivity contribution in [2.75, 3.05) is 13.1 Å². The van der Waals surface area contributed by atoms with E-state index in [0.717, 1.165) is 0 Å². The van der Waals surface area contributed by atoms with E-state index in [1.54, 1.807) is 36.2 Å². The highest BCUT2D eigenvalue weighted by Gasteiger charge is 2.32. The Labute approximate surface area is 167 Å². The summed E-state index contributed by atoms with van der Waals surface area (Å²) in [4.78, 5) is 31.4. The zero-order chi connectivity index (χ0) is 20.3. The number of likely N-dealkylation sites (N-methyl/N-ethyl adjacent to an activating group) is 1. The summed E-state index contributed by atoms with van der Waals surface area (Å²) in [6.45, 7) is 6.68. The Balaban J connectivity index is 2.08. The fourth-order valence-electron chi connectivity index (χ4n) is 2.80. The molecule has 0 unspecified atom stereocenters. The van der Waals surface area contributed by atoms with Crippen molar-refractivity contribution < 1.29 is 14.0 Å². The minimum Gasteiger partial charge on any atom is -0.287 e. The average molecular weight is 400 g/mol. The van der Waals surface area contributed by atoms with Crippen LogP contribution in [-0.2, 0) is 4.79 Å². The van der Waals surface area contributed by atoms with E-state index in [1.165, 1.54) is 28.6 Å². The molecule has 0 saturated carbocycles. The topological polar surface area (TPSA) is 67.6 Å². The summed E-state index contributed by atoms with van der Waals surface area (Å²) in [5, 5.41) is 5.05. The number of benzene rings is 1. The highest BCUT2D eigenvalue weighted by atomic mass is 32.2. The average Bonchev–Trinajstić information content (AvgIpc) is 3.24. The molecule has 2 heterocycles. The molecule has 2 aromatic rings. The fourth-order valence-corrected chi connectivity index (χ4v) is 3.89. The highest BCUT2D eigenvalue weighted by molar-refractivity contribution is 8.18. The van der Waals surface area contributed by atoms with Crippen molar-refractivity contribution in [1.29, 1.82) is 0 Å². The Bertz CT molecular complexity index is 963. The second kappa shape index (κ2) is 8.52. The number of hydrogen-bond acceptors (Lipinski definition) is 5. The van der Waals surface area contributed by atoms with Gasteiger partial charge in [-0.15, -0.1) is 0 Å². The summed E-state index contributed by atoms with van der Waals surface area (Å²) in [5.41, 5.74) is 1.81. The van der Waals surface area contributed by atoms with Crippen molar-refractivity contribution in [2.45, 2.75) is 27.2 Å². The molecule has 1 saturated heterocycles. The lowest BCUT2D eigenvalue weighted by atomic mass is 10.1. The van der Waals surface area contributed by atoms with Crippen LogP contribution in [0.5, 0.6) is 0 Å². The minimum absolute atomic E-state index is 0.126. The molecular weight excluding hydrogens is 379 g/mol. The molecule has 1 aliphatic rings. The first-order chi connectivity index (χ1) is 13.5. The van der Waals surface area contributed by atoms with Gasteiger partial charge in [-0.3, -0.25) is 19.5 Å². The van der Waals surface area contributed by atoms with Gasteiger partial charge in [0.25, 0.3) is 5.91 Å². The first-order valence-electron chi connectivity index (χ1n) is 9.13. The number of hydrogen-bond donors (Lipinski definition) is 0. The summed E-state index contributed by atoms with van der Waals surface area (Å²) < 4.78 is 14.6. The normalized spacial score (nSPS) is 17.1. The van der Waals surface area contributed by atoms with Crippen molar-refractivity contribution in [3.05, 3.63) is 46.7 Å². The Morgan fingerprint density at radius 2 is 1.96 bits per heavy atom. The third-order valence-corrected chi connectivity index (χ3v) is 5.25. The molecule has 146 valence electrons. The number of rotatable bonds is 5. The molecule has 0 radical (unpaired) electrons. The molecule has 1 fully saturated rings. The lowest BCUT2D eigenvalue weighted by molar-refractivity contribution is -0.122. The van der Waals surface area contributed by atoms with Gasteiger partial charge >= 0.3 is 0 Å². The number of aromatic nitrogens is 2. The van der Waals surface area contributed by atoms with Gasteiger partial charge < -0.3 is 0 Å². The molecule has 0 N–H and O–H groups in total. The Hall–Kier alpha value is -2.74. The molecule has 1 aliphatic heterocycles. The van der Waals surface area contributed by atoms with Crippen LogP contribution in [0.1, 0.15) is 37.6 Å². The summed E-state index contributed by atoms with van der Waals surface area (Å²) in [6, 6.07) is 5.89. The predicted octanol–water partition coefficient (Wildman–Crippen LogP) is 4.05. The third-order valence-electron chi connectivity index (χ3n) is 4.20. The number of aliphatic imine (C=N–C) groups is 1. The van der Waals surface area contributed by atoms with Crippen molar-refractivity contribution in [1.82, 2.24) is 14.7 Å². The summed E-state index contributed by atoms with van der Waals surface area (Å²) in [5.74, 6) is -0.644. The molecule has 3 rings (SSSR count). The van der Waals surface area contributed by atoms with Gasteiger partial charge in [0, 0.05) is 36.8 Å². The maximum absolute atomic E-state index is 13.3. The second-order valence-corrected chi connectivity index (χ2v) is 7.06. The summed E-state index contributed by atoms with van der Waals surface area (Å²) in [6.07, 6.45) is 3.63. The number of thioether (sulfide) groups is 1. The number of halogens is 1. The number of amides is 1. The van der Waals surface area contributed by atoms with Crippen LogP contribution in [0.2, 0.25) is 0 Å². The van der Waals surface area contributed by atoms with E-state index < -0.39 is 0 Å². The lowest BCUT2D eigenvalue weighted by Crippen LogP contribution is -2.28. The van der Waals surface area contributed by atoms with Crippen molar-refractivity contribution in [3.63, 3.8) is 0 Å². The molecule has 0 spiro atoms. The van der Waals surface area contributed by atoms with Gasteiger partial charge in [0.15, 0.2) is 5.17 Å². The fraction of sp³-hybridized carbons (Fsp3) is 0.300. The van der Waals surface area contributed by atoms with E-state index in [9.17, 15) is 14.0 Å². The maximum Gasteiger partial charge on any atom is 0.266 e. The van der Waals surface area contributed by atoms with Crippen LogP contribution in [0.15, 0.2) is 40.4 Å². The zero-order valence-electron chi connectivity index (χ0n) is 16.0. The monoisotopic (exact) mass is 400 g/mol. The first kappa shape index (κ1) is 20.0. The van der Waals surface area contributed by atoms with Crippen LogP contribution in [0.4, 0.5) is 4.39 Å². The number of nitrogens with zero attached hydrogens (tertiary/aromatic N) is 4. The molecule has 1 aromatic heterocycles. The Kier molecular flexibility index (Phi) is 6.08. The van der Waals surface area contributed by atoms with Crippen LogP contribution >= 0.6 is 11.8 Å². The molecule has 0 aliphatic carbocycles. The van der Waals surface area contributed by atoms with Gasteiger partial charge in [0.2, 0.25) is 5.91 Å². The van der Waals surface area contributed by atoms with E-state index in [2.05, 4.69) is 10.1 Å². The zero-order valence-corrected chi connectivity index (χ0v) is 16.8. The van der Waals surface area contributed by atoms with Crippen LogP contribution in [0, 0.1) is 5.82 Å². The molecule has 8 heteroatoms. The van der Waals surface area contributed by atoms with E-state index in [-0.39, 0.29) is 17.6 Å². The number of carbonyl (C=O) groups is 2. The quantitative estimate of drug-likeness (QED) is 0.710. The van der Waals surface area contributed by atoms with E-state index >= 15 is 0 Å². The van der Waals surface area contributed by atoms with Gasteiger partial charge in [-0.05, 0) is 56.0 Å². The molecular formula is C20H21FN4O2S. The largest absolute Gasteiger partial charge is 0.287 e. The number of amidine groups is 1. The molecule has 6 nitrogen and oxygen atoms in total. The third kappa shape index (κ3) is 3.91. The van der Waals surface area contributed by atoms with Gasteiger partial charge in [-0.25, -0.2) is 9.07 Å². The standard InChI is InChI=1S/C20H21FN4O2S/c1-4-17(26)25-12-14(18(23-25)13-7-9-15(21)10-8-13)11-16-19(27)24(6-3)20(28-16)22-5-2/h7-12H,4-6H2,1-3H3. The Morgan fingerprint density at radius 3 is 2.57 bits per heavy atom. The first-order valence-corrected chi connectivity index (χ1v) is 9.94. The molecule has 1 aromatic carbocycles.